The minimum atomic E-state index is -0.698. The number of amides is 1. The summed E-state index contributed by atoms with van der Waals surface area (Å²) in [6.07, 6.45) is 0.603. The average Bonchev–Trinajstić information content (AvgIpc) is 3.28. The number of carbonyl (C=O) groups excluding carboxylic acids is 2. The second kappa shape index (κ2) is 8.32. The van der Waals surface area contributed by atoms with Crippen LogP contribution in [0.5, 0.6) is 0 Å². The van der Waals surface area contributed by atoms with Crippen LogP contribution in [0.4, 0.5) is 0 Å². The number of hydrogen-bond donors (Lipinski definition) is 1. The van der Waals surface area contributed by atoms with Crippen LogP contribution in [0.15, 0.2) is 87.0 Å². The molecule has 4 rings (SSSR count). The highest BCUT2D eigenvalue weighted by Crippen LogP contribution is 2.39. The Morgan fingerprint density at radius 2 is 1.87 bits per heavy atom. The molecule has 0 radical (unpaired) electrons. The Bertz CT molecular complexity index is 1130. The number of hydrogen-bond acceptors (Lipinski definition) is 4. The Hall–Kier alpha value is -3.12. The Labute approximate surface area is 182 Å². The molecule has 1 N–H and O–H groups in total. The molecule has 152 valence electrons. The first kappa shape index (κ1) is 20.2. The van der Waals surface area contributed by atoms with Crippen LogP contribution < -0.4 is 0 Å². The lowest BCUT2D eigenvalue weighted by molar-refractivity contribution is -0.129. The van der Waals surface area contributed by atoms with E-state index in [0.717, 1.165) is 15.6 Å². The summed E-state index contributed by atoms with van der Waals surface area (Å²) < 4.78 is 6.30. The number of rotatable bonds is 6. The molecule has 1 unspecified atom stereocenters. The van der Waals surface area contributed by atoms with Crippen molar-refractivity contribution in [3.05, 3.63) is 105 Å². The number of aliphatic hydroxyl groups excluding tert-OH is 1. The third kappa shape index (κ3) is 3.83. The van der Waals surface area contributed by atoms with Gasteiger partial charge in [0.25, 0.3) is 5.91 Å². The highest BCUT2D eigenvalue weighted by molar-refractivity contribution is 9.10. The number of Topliss-reactive ketones (excluding diaryl/α,β-unsaturated/α-hetero) is 1. The second-order valence-corrected chi connectivity index (χ2v) is 8.11. The van der Waals surface area contributed by atoms with Crippen molar-refractivity contribution < 1.29 is 19.1 Å². The topological polar surface area (TPSA) is 70.8 Å². The SMILES string of the molecule is Cc1ccc(C(=O)C2=C(O)C(=O)N(CCc3ccccc3)C2c2cccc(Br)c2)o1. The molecular formula is C24H20BrNO4. The lowest BCUT2D eigenvalue weighted by Crippen LogP contribution is -2.33. The smallest absolute Gasteiger partial charge is 0.290 e. The summed E-state index contributed by atoms with van der Waals surface area (Å²) in [4.78, 5) is 27.7. The molecule has 1 atom stereocenters. The fourth-order valence-corrected chi connectivity index (χ4v) is 4.14. The number of carbonyl (C=O) groups is 2. The molecule has 1 aliphatic heterocycles. The van der Waals surface area contributed by atoms with E-state index in [4.69, 9.17) is 4.42 Å². The summed E-state index contributed by atoms with van der Waals surface area (Å²) in [6.45, 7) is 2.10. The third-order valence-corrected chi connectivity index (χ3v) is 5.65. The van der Waals surface area contributed by atoms with E-state index in [-0.39, 0.29) is 11.3 Å². The van der Waals surface area contributed by atoms with E-state index in [2.05, 4.69) is 15.9 Å². The summed E-state index contributed by atoms with van der Waals surface area (Å²) in [6, 6.07) is 19.7. The van der Waals surface area contributed by atoms with Crippen molar-refractivity contribution >= 4 is 27.6 Å². The maximum absolute atomic E-state index is 13.2. The van der Waals surface area contributed by atoms with Gasteiger partial charge in [-0.25, -0.2) is 0 Å². The van der Waals surface area contributed by atoms with E-state index in [1.54, 1.807) is 24.0 Å². The number of aryl methyl sites for hydroxylation is 1. The monoisotopic (exact) mass is 465 g/mol. The number of ketones is 1. The number of aliphatic hydroxyl groups is 1. The fraction of sp³-hybridized carbons (Fsp3) is 0.167. The lowest BCUT2D eigenvalue weighted by atomic mass is 9.95. The van der Waals surface area contributed by atoms with Crippen LogP contribution >= 0.6 is 15.9 Å². The molecule has 6 heteroatoms. The van der Waals surface area contributed by atoms with E-state index < -0.39 is 23.5 Å². The van der Waals surface area contributed by atoms with Crippen molar-refractivity contribution in [2.24, 2.45) is 0 Å². The minimum absolute atomic E-state index is 0.0421. The van der Waals surface area contributed by atoms with Gasteiger partial charge in [0, 0.05) is 11.0 Å². The molecule has 1 amide bonds. The average molecular weight is 466 g/mol. The first-order chi connectivity index (χ1) is 14.5. The molecule has 0 saturated carbocycles. The Kier molecular flexibility index (Phi) is 5.59. The maximum atomic E-state index is 13.2. The lowest BCUT2D eigenvalue weighted by Gasteiger charge is -2.27. The first-order valence-corrected chi connectivity index (χ1v) is 10.4. The molecule has 0 bridgehead atoms. The van der Waals surface area contributed by atoms with Crippen LogP contribution in [0, 0.1) is 6.92 Å². The van der Waals surface area contributed by atoms with Crippen LogP contribution in [0.1, 0.15) is 33.5 Å². The number of benzene rings is 2. The maximum Gasteiger partial charge on any atom is 0.290 e. The first-order valence-electron chi connectivity index (χ1n) is 9.60. The van der Waals surface area contributed by atoms with Gasteiger partial charge in [-0.15, -0.1) is 0 Å². The summed E-state index contributed by atoms with van der Waals surface area (Å²) in [5.41, 5.74) is 1.85. The zero-order valence-electron chi connectivity index (χ0n) is 16.3. The second-order valence-electron chi connectivity index (χ2n) is 7.19. The molecular weight excluding hydrogens is 446 g/mol. The molecule has 30 heavy (non-hydrogen) atoms. The van der Waals surface area contributed by atoms with Crippen molar-refractivity contribution in [2.45, 2.75) is 19.4 Å². The van der Waals surface area contributed by atoms with Crippen molar-refractivity contribution in [1.29, 1.82) is 0 Å². The minimum Gasteiger partial charge on any atom is -0.503 e. The fourth-order valence-electron chi connectivity index (χ4n) is 3.72. The van der Waals surface area contributed by atoms with Crippen LogP contribution in [0.3, 0.4) is 0 Å². The van der Waals surface area contributed by atoms with E-state index in [1.165, 1.54) is 0 Å². The molecule has 0 fully saturated rings. The number of halogens is 1. The van der Waals surface area contributed by atoms with E-state index >= 15 is 0 Å². The van der Waals surface area contributed by atoms with Crippen LogP contribution in [0.25, 0.3) is 0 Å². The van der Waals surface area contributed by atoms with Gasteiger partial charge in [0.15, 0.2) is 11.5 Å². The normalized spacial score (nSPS) is 16.4. The van der Waals surface area contributed by atoms with Crippen LogP contribution in [-0.2, 0) is 11.2 Å². The van der Waals surface area contributed by atoms with Gasteiger partial charge >= 0.3 is 0 Å². The van der Waals surface area contributed by atoms with Crippen molar-refractivity contribution in [3.63, 3.8) is 0 Å². The molecule has 5 nitrogen and oxygen atoms in total. The van der Waals surface area contributed by atoms with Gasteiger partial charge in [0.05, 0.1) is 11.6 Å². The molecule has 0 spiro atoms. The molecule has 3 aromatic rings. The van der Waals surface area contributed by atoms with Gasteiger partial charge in [-0.3, -0.25) is 9.59 Å². The number of nitrogens with zero attached hydrogens (tertiary/aromatic N) is 1. The molecule has 2 heterocycles. The van der Waals surface area contributed by atoms with Crippen molar-refractivity contribution in [1.82, 2.24) is 4.90 Å². The predicted molar refractivity (Wildman–Crippen MR) is 116 cm³/mol. The molecule has 1 aromatic heterocycles. The van der Waals surface area contributed by atoms with Gasteiger partial charge < -0.3 is 14.4 Å². The van der Waals surface area contributed by atoms with Crippen LogP contribution in [0.2, 0.25) is 0 Å². The summed E-state index contributed by atoms with van der Waals surface area (Å²) in [7, 11) is 0. The Balaban J connectivity index is 1.73. The van der Waals surface area contributed by atoms with Crippen molar-refractivity contribution in [2.75, 3.05) is 6.54 Å². The zero-order valence-corrected chi connectivity index (χ0v) is 17.9. The van der Waals surface area contributed by atoms with Gasteiger partial charge in [-0.05, 0) is 48.7 Å². The third-order valence-electron chi connectivity index (χ3n) is 5.16. The van der Waals surface area contributed by atoms with Gasteiger partial charge in [-0.2, -0.15) is 0 Å². The molecule has 0 saturated heterocycles. The highest BCUT2D eigenvalue weighted by Gasteiger charge is 2.44. The van der Waals surface area contributed by atoms with Crippen molar-refractivity contribution in [3.8, 4) is 0 Å². The van der Waals surface area contributed by atoms with E-state index in [9.17, 15) is 14.7 Å². The highest BCUT2D eigenvalue weighted by atomic mass is 79.9. The Morgan fingerprint density at radius 1 is 1.10 bits per heavy atom. The zero-order chi connectivity index (χ0) is 21.3. The summed E-state index contributed by atoms with van der Waals surface area (Å²) >= 11 is 3.45. The molecule has 0 aliphatic carbocycles. The van der Waals surface area contributed by atoms with E-state index in [0.29, 0.717) is 18.7 Å². The standard InChI is InChI=1S/C24H20BrNO4/c1-15-10-11-19(30-15)22(27)20-21(17-8-5-9-18(25)14-17)26(24(29)23(20)28)13-12-16-6-3-2-4-7-16/h2-11,14,21,28H,12-13H2,1H3. The quantitative estimate of drug-likeness (QED) is 0.509. The number of furan rings is 1. The Morgan fingerprint density at radius 3 is 2.53 bits per heavy atom. The molecule has 1 aliphatic rings. The predicted octanol–water partition coefficient (Wildman–Crippen LogP) is 5.17. The van der Waals surface area contributed by atoms with Crippen LogP contribution in [-0.4, -0.2) is 28.2 Å². The summed E-state index contributed by atoms with van der Waals surface area (Å²) in [5, 5.41) is 10.7. The largest absolute Gasteiger partial charge is 0.503 e. The van der Waals surface area contributed by atoms with Gasteiger partial charge in [0.2, 0.25) is 5.78 Å². The molecule has 2 aromatic carbocycles. The summed E-state index contributed by atoms with van der Waals surface area (Å²) in [5.74, 6) is -0.870. The van der Waals surface area contributed by atoms with Gasteiger partial charge in [-0.1, -0.05) is 58.4 Å². The van der Waals surface area contributed by atoms with E-state index in [1.807, 2.05) is 54.6 Å². The van der Waals surface area contributed by atoms with Gasteiger partial charge in [0.1, 0.15) is 5.76 Å².